The molecule has 12 heteroatoms. The van der Waals surface area contributed by atoms with Crippen LogP contribution in [-0.2, 0) is 37.5 Å². The highest BCUT2D eigenvalue weighted by atomic mass is 31.2. The van der Waals surface area contributed by atoms with Gasteiger partial charge in [0.05, 0.1) is 13.2 Å². The van der Waals surface area contributed by atoms with Crippen molar-refractivity contribution in [1.29, 1.82) is 0 Å². The highest BCUT2D eigenvalue weighted by molar-refractivity contribution is 7.47. The van der Waals surface area contributed by atoms with Crippen molar-refractivity contribution in [2.45, 2.75) is 142 Å². The Kier molecular flexibility index (Phi) is 30.0. The molecule has 0 spiro atoms. The summed E-state index contributed by atoms with van der Waals surface area (Å²) in [4.78, 5) is 45.5. The zero-order valence-corrected chi connectivity index (χ0v) is 30.2. The lowest BCUT2D eigenvalue weighted by Gasteiger charge is -2.20. The average Bonchev–Trinajstić information content (AvgIpc) is 3.05. The quantitative estimate of drug-likeness (QED) is 0.0267. The molecular formula is C36H62NO10P. The van der Waals surface area contributed by atoms with Gasteiger partial charge in [-0.15, -0.1) is 0 Å². The number of esters is 2. The lowest BCUT2D eigenvalue weighted by molar-refractivity contribution is -0.161. The minimum absolute atomic E-state index is 0.151. The zero-order chi connectivity index (χ0) is 35.7. The minimum atomic E-state index is -4.71. The van der Waals surface area contributed by atoms with E-state index in [1.165, 1.54) is 12.8 Å². The Morgan fingerprint density at radius 2 is 1.15 bits per heavy atom. The Labute approximate surface area is 288 Å². The SMILES string of the molecule is CCC/C=C/C/C=C/C/C=C/C/C=C/CCCCCC(=O)OC[C@@H](COP(=O)(O)OC[C@@H](N)C(=O)O)OC(=O)CCCCCCCCC. The van der Waals surface area contributed by atoms with Crippen LogP contribution in [0, 0.1) is 0 Å². The second-order valence-electron chi connectivity index (χ2n) is 11.7. The zero-order valence-electron chi connectivity index (χ0n) is 29.3. The van der Waals surface area contributed by atoms with Crippen LogP contribution in [-0.4, -0.2) is 59.9 Å². The predicted octanol–water partition coefficient (Wildman–Crippen LogP) is 8.27. The van der Waals surface area contributed by atoms with Gasteiger partial charge in [-0.3, -0.25) is 23.4 Å². The van der Waals surface area contributed by atoms with E-state index in [0.29, 0.717) is 12.8 Å². The van der Waals surface area contributed by atoms with Crippen molar-refractivity contribution in [3.05, 3.63) is 48.6 Å². The summed E-state index contributed by atoms with van der Waals surface area (Å²) >= 11 is 0. The third kappa shape index (κ3) is 30.8. The smallest absolute Gasteiger partial charge is 0.472 e. The topological polar surface area (TPSA) is 172 Å². The number of phosphoric acid groups is 1. The van der Waals surface area contributed by atoms with Crippen LogP contribution in [0.2, 0.25) is 0 Å². The molecule has 0 aromatic carbocycles. The number of carboxylic acids is 1. The van der Waals surface area contributed by atoms with Gasteiger partial charge in [0.25, 0.3) is 0 Å². The van der Waals surface area contributed by atoms with Gasteiger partial charge in [0.2, 0.25) is 0 Å². The Morgan fingerprint density at radius 3 is 1.73 bits per heavy atom. The van der Waals surface area contributed by atoms with Crippen molar-refractivity contribution in [1.82, 2.24) is 0 Å². The van der Waals surface area contributed by atoms with Gasteiger partial charge in [-0.1, -0.05) is 114 Å². The van der Waals surface area contributed by atoms with Gasteiger partial charge in [0.1, 0.15) is 12.6 Å². The molecule has 0 bridgehead atoms. The largest absolute Gasteiger partial charge is 0.480 e. The molecule has 0 aliphatic carbocycles. The third-order valence-electron chi connectivity index (χ3n) is 7.06. The molecule has 0 aliphatic rings. The van der Waals surface area contributed by atoms with Crippen molar-refractivity contribution in [3.63, 3.8) is 0 Å². The normalized spacial score (nSPS) is 14.6. The molecule has 3 atom stereocenters. The van der Waals surface area contributed by atoms with Gasteiger partial charge in [0, 0.05) is 12.8 Å². The van der Waals surface area contributed by atoms with Gasteiger partial charge < -0.3 is 25.2 Å². The van der Waals surface area contributed by atoms with Crippen molar-refractivity contribution >= 4 is 25.7 Å². The molecule has 4 N–H and O–H groups in total. The van der Waals surface area contributed by atoms with E-state index in [2.05, 4.69) is 67.0 Å². The maximum Gasteiger partial charge on any atom is 0.472 e. The molecule has 0 aromatic heterocycles. The molecule has 0 radical (unpaired) electrons. The van der Waals surface area contributed by atoms with Crippen LogP contribution in [0.25, 0.3) is 0 Å². The van der Waals surface area contributed by atoms with Crippen LogP contribution in [0.15, 0.2) is 48.6 Å². The van der Waals surface area contributed by atoms with E-state index < -0.39 is 51.1 Å². The van der Waals surface area contributed by atoms with Gasteiger partial charge >= 0.3 is 25.7 Å². The summed E-state index contributed by atoms with van der Waals surface area (Å²) in [5.41, 5.74) is 5.29. The van der Waals surface area contributed by atoms with Crippen LogP contribution in [0.5, 0.6) is 0 Å². The third-order valence-corrected chi connectivity index (χ3v) is 8.01. The number of hydrogen-bond acceptors (Lipinski definition) is 9. The number of phosphoric ester groups is 1. The Hall–Kier alpha value is -2.56. The van der Waals surface area contributed by atoms with Crippen LogP contribution in [0.3, 0.4) is 0 Å². The van der Waals surface area contributed by atoms with Gasteiger partial charge in [0.15, 0.2) is 6.10 Å². The number of carbonyl (C=O) groups excluding carboxylic acids is 2. The first-order valence-electron chi connectivity index (χ1n) is 17.7. The molecule has 0 saturated carbocycles. The van der Waals surface area contributed by atoms with E-state index in [-0.39, 0.29) is 19.4 Å². The number of ether oxygens (including phenoxy) is 2. The average molecular weight is 700 g/mol. The van der Waals surface area contributed by atoms with E-state index in [1.807, 2.05) is 0 Å². The molecule has 0 rings (SSSR count). The maximum absolute atomic E-state index is 12.4. The van der Waals surface area contributed by atoms with E-state index in [9.17, 15) is 23.8 Å². The maximum atomic E-state index is 12.4. The van der Waals surface area contributed by atoms with Crippen LogP contribution in [0.1, 0.15) is 129 Å². The van der Waals surface area contributed by atoms with E-state index in [1.54, 1.807) is 0 Å². The molecule has 0 fully saturated rings. The lowest BCUT2D eigenvalue weighted by Crippen LogP contribution is -2.34. The fourth-order valence-corrected chi connectivity index (χ4v) is 5.01. The summed E-state index contributed by atoms with van der Waals surface area (Å²) in [5.74, 6) is -2.43. The molecular weight excluding hydrogens is 637 g/mol. The number of carboxylic acid groups (broad SMARTS) is 1. The van der Waals surface area contributed by atoms with Crippen LogP contribution >= 0.6 is 7.82 Å². The van der Waals surface area contributed by atoms with Gasteiger partial charge in [-0.05, 0) is 51.4 Å². The van der Waals surface area contributed by atoms with E-state index >= 15 is 0 Å². The highest BCUT2D eigenvalue weighted by Crippen LogP contribution is 2.43. The minimum Gasteiger partial charge on any atom is -0.480 e. The van der Waals surface area contributed by atoms with Crippen molar-refractivity contribution < 1.29 is 47.5 Å². The molecule has 0 aromatic rings. The number of nitrogens with two attached hydrogens (primary N) is 1. The number of hydrogen-bond donors (Lipinski definition) is 3. The monoisotopic (exact) mass is 699 g/mol. The molecule has 1 unspecified atom stereocenters. The highest BCUT2D eigenvalue weighted by Gasteiger charge is 2.28. The first-order valence-corrected chi connectivity index (χ1v) is 19.2. The van der Waals surface area contributed by atoms with Crippen LogP contribution < -0.4 is 5.73 Å². The fraction of sp³-hybridized carbons (Fsp3) is 0.694. The molecule has 0 amide bonds. The number of allylic oxidation sites excluding steroid dienone is 8. The number of rotatable bonds is 32. The van der Waals surface area contributed by atoms with Crippen LogP contribution in [0.4, 0.5) is 0 Å². The summed E-state index contributed by atoms with van der Waals surface area (Å²) in [5, 5.41) is 8.82. The molecule has 11 nitrogen and oxygen atoms in total. The fourth-order valence-electron chi connectivity index (χ4n) is 4.23. The first kappa shape index (κ1) is 45.4. The first-order chi connectivity index (χ1) is 23.1. The van der Waals surface area contributed by atoms with Crippen molar-refractivity contribution in [2.24, 2.45) is 5.73 Å². The molecule has 0 saturated heterocycles. The summed E-state index contributed by atoms with van der Waals surface area (Å²) < 4.78 is 32.3. The Morgan fingerprint density at radius 1 is 0.646 bits per heavy atom. The van der Waals surface area contributed by atoms with Gasteiger partial charge in [-0.2, -0.15) is 0 Å². The Balaban J connectivity index is 4.45. The summed E-state index contributed by atoms with van der Waals surface area (Å²) in [6, 6.07) is -1.52. The second kappa shape index (κ2) is 31.7. The summed E-state index contributed by atoms with van der Waals surface area (Å²) in [7, 11) is -4.71. The number of unbranched alkanes of at least 4 members (excludes halogenated alkanes) is 10. The number of aliphatic carboxylic acids is 1. The second-order valence-corrected chi connectivity index (χ2v) is 13.1. The predicted molar refractivity (Wildman–Crippen MR) is 189 cm³/mol. The standard InChI is InChI=1S/C36H62NO10P/c1-3-5-7-9-11-12-13-14-15-16-17-18-19-20-22-23-25-27-34(38)44-29-32(30-45-48(42,43)46-31-33(37)36(40)41)47-35(39)28-26-24-21-10-8-6-4-2/h7,9,12-13,15-16,18-19,32-33H,3-6,8,10-11,14,17,20-31,37H2,1-2H3,(H,40,41)(H,42,43)/b9-7+,13-12+,16-15+,19-18+/t32-,33+/m0/s1. The summed E-state index contributed by atoms with van der Waals surface area (Å²) in [6.07, 6.45) is 32.1. The Bertz CT molecular complexity index is 1010. The van der Waals surface area contributed by atoms with Crippen molar-refractivity contribution in [2.75, 3.05) is 19.8 Å². The molecule has 0 aliphatic heterocycles. The number of carbonyl (C=O) groups is 3. The van der Waals surface area contributed by atoms with Gasteiger partial charge in [-0.25, -0.2) is 4.57 Å². The molecule has 0 heterocycles. The summed E-state index contributed by atoms with van der Waals surface area (Å²) in [6.45, 7) is 2.60. The van der Waals surface area contributed by atoms with Crippen molar-refractivity contribution in [3.8, 4) is 0 Å². The molecule has 276 valence electrons. The lowest BCUT2D eigenvalue weighted by atomic mass is 10.1. The van der Waals surface area contributed by atoms with E-state index in [4.69, 9.17) is 24.8 Å². The molecule has 48 heavy (non-hydrogen) atoms. The van der Waals surface area contributed by atoms with E-state index in [0.717, 1.165) is 77.0 Å².